The van der Waals surface area contributed by atoms with Gasteiger partial charge < -0.3 is 4.74 Å². The van der Waals surface area contributed by atoms with Gasteiger partial charge in [0.25, 0.3) is 0 Å². The fourth-order valence-corrected chi connectivity index (χ4v) is 2.37. The smallest absolute Gasteiger partial charge is 0.331 e. The molecule has 3 rings (SSSR count). The number of hydrogen-bond donors (Lipinski definition) is 0. The van der Waals surface area contributed by atoms with E-state index < -0.39 is 5.97 Å². The summed E-state index contributed by atoms with van der Waals surface area (Å²) in [4.78, 5) is 16.2. The zero-order valence-electron chi connectivity index (χ0n) is 12.3. The summed E-state index contributed by atoms with van der Waals surface area (Å²) in [6.07, 6.45) is 3.02. The van der Waals surface area contributed by atoms with E-state index in [1.54, 1.807) is 18.2 Å². The van der Waals surface area contributed by atoms with E-state index in [2.05, 4.69) is 4.98 Å². The van der Waals surface area contributed by atoms with Gasteiger partial charge in [0.2, 0.25) is 0 Å². The van der Waals surface area contributed by atoms with E-state index in [4.69, 9.17) is 16.3 Å². The highest BCUT2D eigenvalue weighted by Crippen LogP contribution is 2.13. The molecule has 3 nitrogen and oxygen atoms in total. The first-order valence-corrected chi connectivity index (χ1v) is 7.53. The van der Waals surface area contributed by atoms with Crippen molar-refractivity contribution in [2.45, 2.75) is 6.61 Å². The molecule has 0 atom stereocenters. The summed E-state index contributed by atoms with van der Waals surface area (Å²) in [5.41, 5.74) is 2.45. The van der Waals surface area contributed by atoms with E-state index in [9.17, 15) is 4.79 Å². The third kappa shape index (κ3) is 4.18. The summed E-state index contributed by atoms with van der Waals surface area (Å²) in [6, 6.07) is 18.9. The number of carbonyl (C=O) groups excluding carboxylic acids is 1. The molecule has 114 valence electrons. The average molecular weight is 324 g/mol. The molecule has 0 bridgehead atoms. The summed E-state index contributed by atoms with van der Waals surface area (Å²) in [5, 5.41) is 1.68. The largest absolute Gasteiger partial charge is 0.458 e. The van der Waals surface area contributed by atoms with E-state index in [0.717, 1.165) is 16.5 Å². The first kappa shape index (κ1) is 15.3. The lowest BCUT2D eigenvalue weighted by atomic mass is 10.2. The van der Waals surface area contributed by atoms with Gasteiger partial charge in [0, 0.05) is 16.5 Å². The average Bonchev–Trinajstić information content (AvgIpc) is 2.58. The Hall–Kier alpha value is -2.65. The molecule has 3 aromatic rings. The highest BCUT2D eigenvalue weighted by Gasteiger charge is 2.00. The van der Waals surface area contributed by atoms with Crippen molar-refractivity contribution in [1.29, 1.82) is 0 Å². The summed E-state index contributed by atoms with van der Waals surface area (Å²) >= 11 is 5.89. The van der Waals surface area contributed by atoms with Gasteiger partial charge in [-0.15, -0.1) is 0 Å². The van der Waals surface area contributed by atoms with Crippen molar-refractivity contribution >= 4 is 34.5 Å². The van der Waals surface area contributed by atoms with Gasteiger partial charge in [-0.1, -0.05) is 48.0 Å². The van der Waals surface area contributed by atoms with Crippen LogP contribution in [0.5, 0.6) is 0 Å². The van der Waals surface area contributed by atoms with E-state index in [1.807, 2.05) is 48.5 Å². The number of pyridine rings is 1. The molecule has 23 heavy (non-hydrogen) atoms. The number of para-hydroxylation sites is 1. The number of ether oxygens (including phenoxy) is 1. The zero-order chi connectivity index (χ0) is 16.1. The number of aromatic nitrogens is 1. The number of halogens is 1. The molecule has 0 aliphatic heterocycles. The summed E-state index contributed by atoms with van der Waals surface area (Å²) in [7, 11) is 0. The Morgan fingerprint density at radius 3 is 2.83 bits per heavy atom. The number of fused-ring (bicyclic) bond motifs is 1. The van der Waals surface area contributed by atoms with Crippen LogP contribution < -0.4 is 0 Å². The molecule has 0 N–H and O–H groups in total. The molecule has 0 unspecified atom stereocenters. The number of nitrogens with zero attached hydrogens (tertiary/aromatic N) is 1. The number of esters is 1. The number of rotatable bonds is 4. The van der Waals surface area contributed by atoms with E-state index in [1.165, 1.54) is 6.08 Å². The van der Waals surface area contributed by atoms with E-state index in [0.29, 0.717) is 10.7 Å². The maximum atomic E-state index is 11.8. The van der Waals surface area contributed by atoms with Crippen LogP contribution in [0.1, 0.15) is 11.3 Å². The molecule has 0 radical (unpaired) electrons. The van der Waals surface area contributed by atoms with Crippen LogP contribution >= 0.6 is 11.6 Å². The van der Waals surface area contributed by atoms with Crippen LogP contribution in [0.2, 0.25) is 5.02 Å². The second-order valence-corrected chi connectivity index (χ2v) is 5.44. The van der Waals surface area contributed by atoms with Crippen LogP contribution in [0.3, 0.4) is 0 Å². The first-order valence-electron chi connectivity index (χ1n) is 7.16. The van der Waals surface area contributed by atoms with Gasteiger partial charge in [0.1, 0.15) is 6.61 Å². The van der Waals surface area contributed by atoms with Crippen molar-refractivity contribution in [3.05, 3.63) is 83.0 Å². The molecule has 1 heterocycles. The van der Waals surface area contributed by atoms with Crippen LogP contribution in [0.4, 0.5) is 0 Å². The topological polar surface area (TPSA) is 39.2 Å². The standard InChI is InChI=1S/C19H14ClNO2/c20-16-6-3-4-14(12-16)13-23-19(22)11-10-17-9-8-15-5-1-2-7-18(15)21-17/h1-12H,13H2/b11-10+. The zero-order valence-corrected chi connectivity index (χ0v) is 13.0. The van der Waals surface area contributed by atoms with Crippen molar-refractivity contribution in [1.82, 2.24) is 4.98 Å². The Kier molecular flexibility index (Phi) is 4.69. The molecule has 0 amide bonds. The lowest BCUT2D eigenvalue weighted by Gasteiger charge is -2.02. The van der Waals surface area contributed by atoms with Gasteiger partial charge in [0.05, 0.1) is 11.2 Å². The Balaban J connectivity index is 1.63. The van der Waals surface area contributed by atoms with Gasteiger partial charge >= 0.3 is 5.97 Å². The maximum Gasteiger partial charge on any atom is 0.331 e. The number of carbonyl (C=O) groups is 1. The highest BCUT2D eigenvalue weighted by atomic mass is 35.5. The van der Waals surface area contributed by atoms with Crippen molar-refractivity contribution in [3.63, 3.8) is 0 Å². The third-order valence-corrected chi connectivity index (χ3v) is 3.52. The summed E-state index contributed by atoms with van der Waals surface area (Å²) < 4.78 is 5.18. The van der Waals surface area contributed by atoms with Crippen molar-refractivity contribution < 1.29 is 9.53 Å². The lowest BCUT2D eigenvalue weighted by Crippen LogP contribution is -2.00. The SMILES string of the molecule is O=C(/C=C/c1ccc2ccccc2n1)OCc1cccc(Cl)c1. The van der Waals surface area contributed by atoms with E-state index in [-0.39, 0.29) is 6.61 Å². The van der Waals surface area contributed by atoms with Gasteiger partial charge in [-0.05, 0) is 35.9 Å². The molecule has 2 aromatic carbocycles. The molecule has 0 aliphatic carbocycles. The molecular weight excluding hydrogens is 310 g/mol. The van der Waals surface area contributed by atoms with Crippen LogP contribution in [0.15, 0.2) is 66.7 Å². The first-order chi connectivity index (χ1) is 11.2. The van der Waals surface area contributed by atoms with Gasteiger partial charge in [-0.3, -0.25) is 0 Å². The van der Waals surface area contributed by atoms with Gasteiger partial charge in [-0.2, -0.15) is 0 Å². The van der Waals surface area contributed by atoms with Crippen LogP contribution in [0.25, 0.3) is 17.0 Å². The molecule has 0 spiro atoms. The monoisotopic (exact) mass is 323 g/mol. The van der Waals surface area contributed by atoms with Crippen molar-refractivity contribution in [2.24, 2.45) is 0 Å². The second kappa shape index (κ2) is 7.07. The second-order valence-electron chi connectivity index (χ2n) is 5.00. The van der Waals surface area contributed by atoms with E-state index >= 15 is 0 Å². The van der Waals surface area contributed by atoms with Crippen LogP contribution in [-0.4, -0.2) is 11.0 Å². The normalized spacial score (nSPS) is 11.0. The minimum absolute atomic E-state index is 0.189. The molecule has 0 saturated heterocycles. The maximum absolute atomic E-state index is 11.8. The Morgan fingerprint density at radius 1 is 1.09 bits per heavy atom. The molecule has 0 saturated carbocycles. The molecule has 4 heteroatoms. The van der Waals surface area contributed by atoms with Crippen molar-refractivity contribution in [2.75, 3.05) is 0 Å². The molecule has 0 fully saturated rings. The number of hydrogen-bond acceptors (Lipinski definition) is 3. The molecule has 0 aliphatic rings. The van der Waals surface area contributed by atoms with Gasteiger partial charge in [-0.25, -0.2) is 9.78 Å². The Bertz CT molecular complexity index is 874. The van der Waals surface area contributed by atoms with Crippen LogP contribution in [0, 0.1) is 0 Å². The van der Waals surface area contributed by atoms with Gasteiger partial charge in [0.15, 0.2) is 0 Å². The third-order valence-electron chi connectivity index (χ3n) is 3.28. The summed E-state index contributed by atoms with van der Waals surface area (Å²) in [6.45, 7) is 0.189. The minimum atomic E-state index is -0.417. The Labute approximate surface area is 139 Å². The van der Waals surface area contributed by atoms with Crippen LogP contribution in [-0.2, 0) is 16.1 Å². The lowest BCUT2D eigenvalue weighted by molar-refractivity contribution is -0.138. The fraction of sp³-hybridized carbons (Fsp3) is 0.0526. The predicted octanol–water partition coefficient (Wildman–Crippen LogP) is 4.64. The fourth-order valence-electron chi connectivity index (χ4n) is 2.16. The number of benzene rings is 2. The summed E-state index contributed by atoms with van der Waals surface area (Å²) in [5.74, 6) is -0.417. The quantitative estimate of drug-likeness (QED) is 0.518. The molecular formula is C19H14ClNO2. The molecule has 1 aromatic heterocycles. The Morgan fingerprint density at radius 2 is 1.96 bits per heavy atom. The highest BCUT2D eigenvalue weighted by molar-refractivity contribution is 6.30. The van der Waals surface area contributed by atoms with Crippen molar-refractivity contribution in [3.8, 4) is 0 Å². The minimum Gasteiger partial charge on any atom is -0.458 e. The predicted molar refractivity (Wildman–Crippen MR) is 92.0 cm³/mol.